The van der Waals surface area contributed by atoms with Crippen LogP contribution >= 0.6 is 0 Å². The fourth-order valence-electron chi connectivity index (χ4n) is 9.64. The van der Waals surface area contributed by atoms with Crippen LogP contribution in [0.15, 0.2) is 85.0 Å². The highest BCUT2D eigenvalue weighted by Gasteiger charge is 2.28. The summed E-state index contributed by atoms with van der Waals surface area (Å²) in [4.78, 5) is 121. The largest absolute Gasteiger partial charge is 0.489 e. The van der Waals surface area contributed by atoms with Crippen LogP contribution in [0.4, 0.5) is 0 Å². The molecule has 0 fully saturated rings. The van der Waals surface area contributed by atoms with Crippen LogP contribution in [0.25, 0.3) is 0 Å². The Balaban J connectivity index is 1.98. The van der Waals surface area contributed by atoms with Gasteiger partial charge < -0.3 is 42.6 Å². The van der Waals surface area contributed by atoms with Crippen molar-refractivity contribution in [3.05, 3.63) is 152 Å². The second-order valence-electron chi connectivity index (χ2n) is 21.2. The zero-order valence-corrected chi connectivity index (χ0v) is 51.6. The van der Waals surface area contributed by atoms with Crippen LogP contribution < -0.4 is 18.9 Å². The number of ketones is 4. The first kappa shape index (κ1) is 69.1. The van der Waals surface area contributed by atoms with Crippen LogP contribution in [0.5, 0.6) is 23.0 Å². The minimum atomic E-state index is -0.848. The fraction of sp³-hybridized carbons (Fsp3) is 0.435. The number of hydrogen-bond donors (Lipinski definition) is 0. The Hall–Kier alpha value is -8.67. The summed E-state index contributed by atoms with van der Waals surface area (Å²) in [5.74, 6) is -3.23. The third-order valence-corrected chi connectivity index (χ3v) is 13.6. The van der Waals surface area contributed by atoms with Crippen molar-refractivity contribution in [1.82, 2.24) is 0 Å². The number of esters is 5. The molecular weight excluding hydrogens is 1120 g/mol. The van der Waals surface area contributed by atoms with Crippen LogP contribution in [0.3, 0.4) is 0 Å². The molecular formula is C69H82O18. The van der Waals surface area contributed by atoms with Gasteiger partial charge in [-0.3, -0.25) is 28.8 Å². The summed E-state index contributed by atoms with van der Waals surface area (Å²) in [5.41, 5.74) is 5.36. The molecule has 18 heteroatoms. The van der Waals surface area contributed by atoms with E-state index in [0.29, 0.717) is 92.4 Å². The molecule has 4 aromatic rings. The normalized spacial score (nSPS) is 11.5. The summed E-state index contributed by atoms with van der Waals surface area (Å²) in [6.45, 7) is 23.1. The molecule has 0 radical (unpaired) electrons. The predicted molar refractivity (Wildman–Crippen MR) is 325 cm³/mol. The van der Waals surface area contributed by atoms with E-state index in [0.717, 1.165) is 0 Å². The van der Waals surface area contributed by atoms with Crippen LogP contribution in [0.1, 0.15) is 199 Å². The van der Waals surface area contributed by atoms with E-state index >= 15 is 0 Å². The van der Waals surface area contributed by atoms with Gasteiger partial charge in [0.1, 0.15) is 82.3 Å². The lowest BCUT2D eigenvalue weighted by Gasteiger charge is -2.25. The number of benzene rings is 4. The summed E-state index contributed by atoms with van der Waals surface area (Å²) in [5, 5.41) is 0. The fourth-order valence-corrected chi connectivity index (χ4v) is 9.64. The predicted octanol–water partition coefficient (Wildman–Crippen LogP) is 11.7. The van der Waals surface area contributed by atoms with E-state index in [4.69, 9.17) is 42.6 Å². The maximum Gasteiger partial charge on any atom is 0.333 e. The molecule has 0 N–H and O–H groups in total. The molecule has 18 nitrogen and oxygen atoms in total. The monoisotopic (exact) mass is 1200 g/mol. The van der Waals surface area contributed by atoms with Crippen molar-refractivity contribution in [3.63, 3.8) is 0 Å². The molecule has 0 aromatic heterocycles. The Kier molecular flexibility index (Phi) is 27.4. The third kappa shape index (κ3) is 20.5. The van der Waals surface area contributed by atoms with Gasteiger partial charge in [0.05, 0.1) is 6.61 Å². The lowest BCUT2D eigenvalue weighted by atomic mass is 9.86. The number of hydrogen-bond acceptors (Lipinski definition) is 18. The topological polar surface area (TPSA) is 237 Å². The van der Waals surface area contributed by atoms with Crippen molar-refractivity contribution in [2.45, 2.75) is 139 Å². The molecule has 1 aliphatic carbocycles. The first-order valence-electron chi connectivity index (χ1n) is 29.7. The second-order valence-corrected chi connectivity index (χ2v) is 21.2. The molecule has 4 aromatic carbocycles. The average Bonchev–Trinajstić information content (AvgIpc) is 0.917. The van der Waals surface area contributed by atoms with Crippen molar-refractivity contribution in [1.29, 1.82) is 0 Å². The van der Waals surface area contributed by atoms with Gasteiger partial charge in [0.15, 0.2) is 23.1 Å². The van der Waals surface area contributed by atoms with Gasteiger partial charge in [-0.1, -0.05) is 47.4 Å². The number of fused-ring (bicyclic) bond motifs is 8. The van der Waals surface area contributed by atoms with Crippen LogP contribution in [0, 0.1) is 0 Å². The lowest BCUT2D eigenvalue weighted by molar-refractivity contribution is -0.154. The molecule has 1 aliphatic rings. The highest BCUT2D eigenvalue weighted by atomic mass is 16.6. The van der Waals surface area contributed by atoms with Crippen LogP contribution in [-0.2, 0) is 73.3 Å². The Bertz CT molecular complexity index is 3100. The molecule has 0 saturated carbocycles. The van der Waals surface area contributed by atoms with Gasteiger partial charge in [0, 0.05) is 90.3 Å². The standard InChI is InChI=1S/C69H82O18/c1-12-17-57(70)45-29-49-37-51-31-46(58(71)18-13-2)33-53(64(51)82-23-26-85-67(76)42(6)7)39-55-35-48(60(73)20-15-4)36-56(66(55)84-25-28-87-69(78)44(10)11)40-54-34-47(59(72)19-14-3)32-52(65(54)83-24-27-86-68(77)43(8)9)38-50(30-45)63(49)81-22-21-80-62(75)41-61(74)79-16-5/h29-36H,6,8,10,12-28,37-41H2,1-5,7,9,11H3. The first-order valence-corrected chi connectivity index (χ1v) is 29.7. The lowest BCUT2D eigenvalue weighted by Crippen LogP contribution is -2.18. The van der Waals surface area contributed by atoms with Crippen molar-refractivity contribution in [2.75, 3.05) is 59.5 Å². The highest BCUT2D eigenvalue weighted by Crippen LogP contribution is 2.42. The van der Waals surface area contributed by atoms with E-state index in [1.54, 1.807) is 55.5 Å². The SMILES string of the molecule is C=C(C)C(=O)OCCOc1c2cc(C(=O)CCC)cc1Cc1cc(C(=O)CCC)cc(c1OCCOC(=O)C(=C)C)Cc1cc(C(=O)CCC)cc(c1OCCOC(=O)C(=C)C)Cc1cc(C(=O)CCC)cc(c1OCCOC(=O)CC(=O)OCC)C2. The molecule has 87 heavy (non-hydrogen) atoms. The highest BCUT2D eigenvalue weighted by molar-refractivity contribution is 5.99. The Morgan fingerprint density at radius 3 is 0.759 bits per heavy atom. The van der Waals surface area contributed by atoms with Crippen molar-refractivity contribution in [3.8, 4) is 23.0 Å². The second kappa shape index (κ2) is 34.5. The maximum atomic E-state index is 14.4. The molecule has 0 unspecified atom stereocenters. The van der Waals surface area contributed by atoms with Gasteiger partial charge in [-0.25, -0.2) is 14.4 Å². The summed E-state index contributed by atoms with van der Waals surface area (Å²) < 4.78 is 53.8. The third-order valence-electron chi connectivity index (χ3n) is 13.6. The minimum Gasteiger partial charge on any atom is -0.489 e. The van der Waals surface area contributed by atoms with E-state index in [1.165, 1.54) is 20.8 Å². The number of Topliss-reactive ketones (excluding diaryl/α,β-unsaturated/α-hetero) is 4. The Morgan fingerprint density at radius 2 is 0.552 bits per heavy atom. The number of carbonyl (C=O) groups is 9. The summed E-state index contributed by atoms with van der Waals surface area (Å²) >= 11 is 0. The van der Waals surface area contributed by atoms with Gasteiger partial charge in [-0.2, -0.15) is 0 Å². The van der Waals surface area contributed by atoms with E-state index in [1.807, 2.05) is 27.7 Å². The summed E-state index contributed by atoms with van der Waals surface area (Å²) in [6, 6.07) is 13.7. The van der Waals surface area contributed by atoms with Gasteiger partial charge in [0.2, 0.25) is 0 Å². The molecule has 0 aliphatic heterocycles. The molecule has 0 spiro atoms. The van der Waals surface area contributed by atoms with E-state index in [-0.39, 0.29) is 174 Å². The van der Waals surface area contributed by atoms with Gasteiger partial charge >= 0.3 is 29.8 Å². The first-order chi connectivity index (χ1) is 41.6. The quantitative estimate of drug-likeness (QED) is 0.00929. The maximum absolute atomic E-state index is 14.4. The van der Waals surface area contributed by atoms with Gasteiger partial charge in [-0.15, -0.1) is 0 Å². The molecule has 466 valence electrons. The Labute approximate surface area is 509 Å². The Morgan fingerprint density at radius 1 is 0.333 bits per heavy atom. The van der Waals surface area contributed by atoms with E-state index in [2.05, 4.69) is 19.7 Å². The van der Waals surface area contributed by atoms with Crippen LogP contribution in [0.2, 0.25) is 0 Å². The molecule has 8 bridgehead atoms. The van der Waals surface area contributed by atoms with Crippen LogP contribution in [-0.4, -0.2) is 112 Å². The molecule has 0 heterocycles. The zero-order valence-electron chi connectivity index (χ0n) is 51.6. The van der Waals surface area contributed by atoms with E-state index < -0.39 is 36.3 Å². The summed E-state index contributed by atoms with van der Waals surface area (Å²) in [7, 11) is 0. The van der Waals surface area contributed by atoms with Crippen molar-refractivity contribution in [2.24, 2.45) is 0 Å². The number of carbonyl (C=O) groups excluding carboxylic acids is 9. The van der Waals surface area contributed by atoms with Crippen molar-refractivity contribution >= 4 is 53.0 Å². The molecule has 0 amide bonds. The zero-order chi connectivity index (χ0) is 63.7. The number of ether oxygens (including phenoxy) is 9. The van der Waals surface area contributed by atoms with Gasteiger partial charge in [-0.05, 0) is 146 Å². The minimum absolute atomic E-state index is 0.0548. The van der Waals surface area contributed by atoms with E-state index in [9.17, 15) is 43.2 Å². The molecule has 0 saturated heterocycles. The smallest absolute Gasteiger partial charge is 0.333 e. The molecule has 0 atom stereocenters. The number of rotatable bonds is 34. The van der Waals surface area contributed by atoms with Crippen molar-refractivity contribution < 1.29 is 85.8 Å². The summed E-state index contributed by atoms with van der Waals surface area (Å²) in [6.07, 6.45) is 1.86. The van der Waals surface area contributed by atoms with Gasteiger partial charge in [0.25, 0.3) is 0 Å². The average molecular weight is 1200 g/mol. The molecule has 5 rings (SSSR count).